The van der Waals surface area contributed by atoms with Crippen molar-refractivity contribution in [3.63, 3.8) is 0 Å². The highest BCUT2D eigenvalue weighted by molar-refractivity contribution is 8.00. The zero-order valence-corrected chi connectivity index (χ0v) is 17.2. The molecule has 0 aliphatic heterocycles. The summed E-state index contributed by atoms with van der Waals surface area (Å²) in [5.41, 5.74) is 2.43. The Morgan fingerprint density at radius 3 is 2.43 bits per heavy atom. The smallest absolute Gasteiger partial charge is 0.193 e. The van der Waals surface area contributed by atoms with Crippen molar-refractivity contribution in [3.05, 3.63) is 71.5 Å². The number of ether oxygens (including phenoxy) is 1. The number of hydrogen-bond donors (Lipinski definition) is 0. The summed E-state index contributed by atoms with van der Waals surface area (Å²) in [5.74, 6) is 1.54. The molecule has 0 radical (unpaired) electrons. The molecule has 3 aromatic rings. The van der Waals surface area contributed by atoms with E-state index in [-0.39, 0.29) is 11.3 Å². The SMILES string of the molecule is CCc1ccc(OCc2nnc(S[C@@H](C)C#N)n2[C@@H](C)c2ccccc2)cc1. The van der Waals surface area contributed by atoms with Gasteiger partial charge in [-0.05, 0) is 43.5 Å². The Kier molecular flexibility index (Phi) is 6.72. The van der Waals surface area contributed by atoms with Crippen molar-refractivity contribution in [2.24, 2.45) is 0 Å². The fourth-order valence-corrected chi connectivity index (χ4v) is 3.74. The Morgan fingerprint density at radius 2 is 1.79 bits per heavy atom. The molecule has 0 aliphatic carbocycles. The van der Waals surface area contributed by atoms with Crippen LogP contribution in [0.2, 0.25) is 0 Å². The Labute approximate surface area is 170 Å². The molecule has 0 saturated carbocycles. The van der Waals surface area contributed by atoms with Crippen LogP contribution >= 0.6 is 11.8 Å². The molecule has 2 aromatic carbocycles. The summed E-state index contributed by atoms with van der Waals surface area (Å²) in [6.07, 6.45) is 1.00. The fourth-order valence-electron chi connectivity index (χ4n) is 2.91. The third-order valence-corrected chi connectivity index (χ3v) is 5.52. The number of aryl methyl sites for hydroxylation is 1. The second kappa shape index (κ2) is 9.43. The van der Waals surface area contributed by atoms with Crippen molar-refractivity contribution in [2.45, 2.75) is 50.2 Å². The van der Waals surface area contributed by atoms with Gasteiger partial charge >= 0.3 is 0 Å². The second-order valence-electron chi connectivity index (χ2n) is 6.53. The molecule has 0 amide bonds. The van der Waals surface area contributed by atoms with E-state index in [0.717, 1.165) is 28.7 Å². The lowest BCUT2D eigenvalue weighted by molar-refractivity contribution is 0.285. The Morgan fingerprint density at radius 1 is 1.07 bits per heavy atom. The van der Waals surface area contributed by atoms with Gasteiger partial charge in [-0.1, -0.05) is 61.2 Å². The number of hydrogen-bond acceptors (Lipinski definition) is 5. The lowest BCUT2D eigenvalue weighted by Gasteiger charge is -2.19. The highest BCUT2D eigenvalue weighted by atomic mass is 32.2. The molecule has 5 nitrogen and oxygen atoms in total. The molecular weight excluding hydrogens is 368 g/mol. The van der Waals surface area contributed by atoms with Crippen LogP contribution in [0.3, 0.4) is 0 Å². The van der Waals surface area contributed by atoms with E-state index in [1.54, 1.807) is 0 Å². The van der Waals surface area contributed by atoms with Gasteiger partial charge in [-0.2, -0.15) is 5.26 Å². The van der Waals surface area contributed by atoms with Gasteiger partial charge in [-0.3, -0.25) is 4.57 Å². The standard InChI is InChI=1S/C22H24N4OS/c1-4-18-10-12-20(13-11-18)27-15-21-24-25-22(28-16(2)14-23)26(21)17(3)19-8-6-5-7-9-19/h5-13,16-17H,4,15H2,1-3H3/t16-,17-/m0/s1. The lowest BCUT2D eigenvalue weighted by Crippen LogP contribution is -2.14. The van der Waals surface area contributed by atoms with E-state index in [1.807, 2.05) is 37.3 Å². The third kappa shape index (κ3) is 4.73. The number of nitrogens with zero attached hydrogens (tertiary/aromatic N) is 4. The molecule has 6 heteroatoms. The third-order valence-electron chi connectivity index (χ3n) is 4.57. The molecule has 0 bridgehead atoms. The first-order valence-electron chi connectivity index (χ1n) is 9.39. The van der Waals surface area contributed by atoms with Gasteiger partial charge in [-0.15, -0.1) is 10.2 Å². The summed E-state index contributed by atoms with van der Waals surface area (Å²) in [5, 5.41) is 18.4. The highest BCUT2D eigenvalue weighted by Gasteiger charge is 2.21. The number of thioether (sulfide) groups is 1. The molecular formula is C22H24N4OS. The summed E-state index contributed by atoms with van der Waals surface area (Å²) in [4.78, 5) is 0. The fraction of sp³-hybridized carbons (Fsp3) is 0.318. The first kappa shape index (κ1) is 20.0. The summed E-state index contributed by atoms with van der Waals surface area (Å²) >= 11 is 1.41. The van der Waals surface area contributed by atoms with Gasteiger partial charge in [0.05, 0.1) is 17.4 Å². The van der Waals surface area contributed by atoms with Gasteiger partial charge in [-0.25, -0.2) is 0 Å². The van der Waals surface area contributed by atoms with E-state index in [0.29, 0.717) is 6.61 Å². The summed E-state index contributed by atoms with van der Waals surface area (Å²) in [6.45, 7) is 6.42. The lowest BCUT2D eigenvalue weighted by atomic mass is 10.1. The van der Waals surface area contributed by atoms with Gasteiger partial charge in [0, 0.05) is 0 Å². The monoisotopic (exact) mass is 392 g/mol. The van der Waals surface area contributed by atoms with Gasteiger partial charge < -0.3 is 4.74 Å². The maximum Gasteiger partial charge on any atom is 0.193 e. The largest absolute Gasteiger partial charge is 0.486 e. The maximum atomic E-state index is 9.19. The van der Waals surface area contributed by atoms with E-state index >= 15 is 0 Å². The molecule has 0 saturated heterocycles. The van der Waals surface area contributed by atoms with E-state index in [1.165, 1.54) is 17.3 Å². The van der Waals surface area contributed by atoms with Gasteiger partial charge in [0.25, 0.3) is 0 Å². The van der Waals surface area contributed by atoms with E-state index in [2.05, 4.69) is 58.9 Å². The van der Waals surface area contributed by atoms with Crippen LogP contribution in [0.4, 0.5) is 0 Å². The number of benzene rings is 2. The van der Waals surface area contributed by atoms with Crippen LogP contribution in [0, 0.1) is 11.3 Å². The highest BCUT2D eigenvalue weighted by Crippen LogP contribution is 2.29. The van der Waals surface area contributed by atoms with Crippen molar-refractivity contribution in [1.29, 1.82) is 5.26 Å². The average Bonchev–Trinajstić information content (AvgIpc) is 3.14. The van der Waals surface area contributed by atoms with Crippen molar-refractivity contribution >= 4 is 11.8 Å². The normalized spacial score (nSPS) is 12.9. The van der Waals surface area contributed by atoms with Gasteiger partial charge in [0.1, 0.15) is 12.4 Å². The van der Waals surface area contributed by atoms with Crippen LogP contribution < -0.4 is 4.74 Å². The first-order valence-corrected chi connectivity index (χ1v) is 10.3. The molecule has 0 unspecified atom stereocenters. The van der Waals surface area contributed by atoms with Crippen LogP contribution in [0.5, 0.6) is 5.75 Å². The van der Waals surface area contributed by atoms with Crippen molar-refractivity contribution in [3.8, 4) is 11.8 Å². The van der Waals surface area contributed by atoms with Crippen LogP contribution in [0.1, 0.15) is 43.8 Å². The molecule has 0 fully saturated rings. The van der Waals surface area contributed by atoms with E-state index in [4.69, 9.17) is 4.74 Å². The van der Waals surface area contributed by atoms with E-state index in [9.17, 15) is 5.26 Å². The van der Waals surface area contributed by atoms with Crippen LogP contribution in [0.15, 0.2) is 59.8 Å². The minimum atomic E-state index is -0.207. The molecule has 1 heterocycles. The number of rotatable bonds is 8. The topological polar surface area (TPSA) is 63.7 Å². The predicted molar refractivity (Wildman–Crippen MR) is 111 cm³/mol. The summed E-state index contributed by atoms with van der Waals surface area (Å²) < 4.78 is 8.03. The Hall–Kier alpha value is -2.78. The predicted octanol–water partition coefficient (Wildman–Crippen LogP) is 5.03. The van der Waals surface area contributed by atoms with Gasteiger partial charge in [0.2, 0.25) is 0 Å². The molecule has 28 heavy (non-hydrogen) atoms. The quantitative estimate of drug-likeness (QED) is 0.503. The zero-order valence-electron chi connectivity index (χ0n) is 16.4. The summed E-state index contributed by atoms with van der Waals surface area (Å²) in [6, 6.07) is 20.6. The first-order chi connectivity index (χ1) is 13.6. The zero-order chi connectivity index (χ0) is 19.9. The van der Waals surface area contributed by atoms with Crippen molar-refractivity contribution in [2.75, 3.05) is 0 Å². The minimum absolute atomic E-state index is 0.0330. The average molecular weight is 393 g/mol. The molecule has 0 aliphatic rings. The minimum Gasteiger partial charge on any atom is -0.486 e. The van der Waals surface area contributed by atoms with Crippen LogP contribution in [-0.4, -0.2) is 20.0 Å². The van der Waals surface area contributed by atoms with Crippen molar-refractivity contribution in [1.82, 2.24) is 14.8 Å². The molecule has 144 valence electrons. The number of nitriles is 1. The molecule has 2 atom stereocenters. The molecule has 1 aromatic heterocycles. The van der Waals surface area contributed by atoms with Gasteiger partial charge in [0.15, 0.2) is 11.0 Å². The van der Waals surface area contributed by atoms with Crippen LogP contribution in [0.25, 0.3) is 0 Å². The maximum absolute atomic E-state index is 9.19. The Bertz CT molecular complexity index is 931. The van der Waals surface area contributed by atoms with Crippen LogP contribution in [-0.2, 0) is 13.0 Å². The summed E-state index contributed by atoms with van der Waals surface area (Å²) in [7, 11) is 0. The van der Waals surface area contributed by atoms with E-state index < -0.39 is 0 Å². The Balaban J connectivity index is 1.86. The van der Waals surface area contributed by atoms with Crippen molar-refractivity contribution < 1.29 is 4.74 Å². The molecule has 3 rings (SSSR count). The number of aromatic nitrogens is 3. The molecule has 0 N–H and O–H groups in total. The molecule has 0 spiro atoms. The second-order valence-corrected chi connectivity index (χ2v) is 7.84.